The second-order valence-corrected chi connectivity index (χ2v) is 5.89. The minimum absolute atomic E-state index is 0.0900. The van der Waals surface area contributed by atoms with Gasteiger partial charge in [-0.1, -0.05) is 33.1 Å². The normalized spacial score (nSPS) is 28.7. The SMILES string of the molecule is CCC(C)CSC1CCCCC1C(=O)O. The summed E-state index contributed by atoms with van der Waals surface area (Å²) >= 11 is 1.89. The summed E-state index contributed by atoms with van der Waals surface area (Å²) in [6, 6.07) is 0. The van der Waals surface area contributed by atoms with Crippen molar-refractivity contribution in [3.8, 4) is 0 Å². The molecular formula is C12H22O2S. The van der Waals surface area contributed by atoms with Gasteiger partial charge in [0.2, 0.25) is 0 Å². The highest BCUT2D eigenvalue weighted by Crippen LogP contribution is 2.34. The smallest absolute Gasteiger partial charge is 0.307 e. The van der Waals surface area contributed by atoms with E-state index in [1.165, 1.54) is 12.8 Å². The lowest BCUT2D eigenvalue weighted by Gasteiger charge is -2.28. The standard InChI is InChI=1S/C12H22O2S/c1-3-9(2)8-15-11-7-5-4-6-10(11)12(13)14/h9-11H,3-8H2,1-2H3,(H,13,14). The lowest BCUT2D eigenvalue weighted by atomic mass is 9.89. The van der Waals surface area contributed by atoms with Crippen LogP contribution in [0.25, 0.3) is 0 Å². The minimum atomic E-state index is -0.587. The van der Waals surface area contributed by atoms with Crippen molar-refractivity contribution < 1.29 is 9.90 Å². The topological polar surface area (TPSA) is 37.3 Å². The first-order chi connectivity index (χ1) is 7.15. The van der Waals surface area contributed by atoms with Gasteiger partial charge in [-0.15, -0.1) is 0 Å². The summed E-state index contributed by atoms with van der Waals surface area (Å²) in [5.41, 5.74) is 0. The average molecular weight is 230 g/mol. The van der Waals surface area contributed by atoms with Crippen molar-refractivity contribution in [1.29, 1.82) is 0 Å². The third kappa shape index (κ3) is 4.06. The molecule has 1 aliphatic carbocycles. The number of carboxylic acids is 1. The molecule has 3 atom stereocenters. The van der Waals surface area contributed by atoms with Gasteiger partial charge in [-0.25, -0.2) is 0 Å². The Labute approximate surface area is 96.8 Å². The fourth-order valence-corrected chi connectivity index (χ4v) is 3.61. The Morgan fingerprint density at radius 3 is 2.73 bits per heavy atom. The van der Waals surface area contributed by atoms with Crippen molar-refractivity contribution in [2.24, 2.45) is 11.8 Å². The largest absolute Gasteiger partial charge is 0.481 e. The molecule has 0 saturated heterocycles. The summed E-state index contributed by atoms with van der Waals surface area (Å²) in [5, 5.41) is 9.48. The van der Waals surface area contributed by atoms with E-state index in [0.29, 0.717) is 11.2 Å². The van der Waals surface area contributed by atoms with Gasteiger partial charge in [0, 0.05) is 5.25 Å². The summed E-state index contributed by atoms with van der Waals surface area (Å²) in [6.07, 6.45) is 5.47. The van der Waals surface area contributed by atoms with E-state index >= 15 is 0 Å². The summed E-state index contributed by atoms with van der Waals surface area (Å²) in [6.45, 7) is 4.44. The highest BCUT2D eigenvalue weighted by molar-refractivity contribution is 7.99. The molecule has 0 aromatic rings. The zero-order valence-corrected chi connectivity index (χ0v) is 10.6. The van der Waals surface area contributed by atoms with Gasteiger partial charge in [-0.2, -0.15) is 11.8 Å². The van der Waals surface area contributed by atoms with Gasteiger partial charge < -0.3 is 5.11 Å². The molecule has 0 spiro atoms. The van der Waals surface area contributed by atoms with Crippen LogP contribution in [0.5, 0.6) is 0 Å². The Morgan fingerprint density at radius 2 is 2.13 bits per heavy atom. The molecule has 2 nitrogen and oxygen atoms in total. The quantitative estimate of drug-likeness (QED) is 0.786. The second kappa shape index (κ2) is 6.41. The number of rotatable bonds is 5. The van der Waals surface area contributed by atoms with E-state index in [9.17, 15) is 4.79 Å². The molecule has 0 aromatic carbocycles. The highest BCUT2D eigenvalue weighted by Gasteiger charge is 2.30. The number of carboxylic acid groups (broad SMARTS) is 1. The molecule has 15 heavy (non-hydrogen) atoms. The Bertz CT molecular complexity index is 206. The van der Waals surface area contributed by atoms with Crippen LogP contribution in [0.4, 0.5) is 0 Å². The predicted molar refractivity (Wildman–Crippen MR) is 65.3 cm³/mol. The molecule has 0 aliphatic heterocycles. The number of hydrogen-bond acceptors (Lipinski definition) is 2. The molecule has 1 aliphatic rings. The zero-order valence-electron chi connectivity index (χ0n) is 9.74. The van der Waals surface area contributed by atoms with Gasteiger partial charge in [0.15, 0.2) is 0 Å². The first-order valence-electron chi connectivity index (χ1n) is 5.99. The van der Waals surface area contributed by atoms with Crippen LogP contribution in [0.2, 0.25) is 0 Å². The lowest BCUT2D eigenvalue weighted by Crippen LogP contribution is -2.29. The molecular weight excluding hydrogens is 208 g/mol. The third-order valence-corrected chi connectivity index (χ3v) is 5.07. The molecule has 3 unspecified atom stereocenters. The van der Waals surface area contributed by atoms with Crippen LogP contribution in [0.3, 0.4) is 0 Å². The van der Waals surface area contributed by atoms with E-state index in [1.54, 1.807) is 0 Å². The number of thioether (sulfide) groups is 1. The van der Waals surface area contributed by atoms with Gasteiger partial charge in [0.05, 0.1) is 5.92 Å². The fourth-order valence-electron chi connectivity index (χ4n) is 1.98. The fraction of sp³-hybridized carbons (Fsp3) is 0.917. The Kier molecular flexibility index (Phi) is 5.51. The Balaban J connectivity index is 2.39. The highest BCUT2D eigenvalue weighted by atomic mass is 32.2. The van der Waals surface area contributed by atoms with Crippen LogP contribution in [0, 0.1) is 11.8 Å². The van der Waals surface area contributed by atoms with Gasteiger partial charge in [0.25, 0.3) is 0 Å². The molecule has 0 bridgehead atoms. The maximum Gasteiger partial charge on any atom is 0.307 e. The molecule has 1 N–H and O–H groups in total. The Morgan fingerprint density at radius 1 is 1.47 bits per heavy atom. The summed E-state index contributed by atoms with van der Waals surface area (Å²) in [7, 11) is 0. The maximum atomic E-state index is 11.1. The van der Waals surface area contributed by atoms with E-state index in [2.05, 4.69) is 13.8 Å². The zero-order chi connectivity index (χ0) is 11.3. The molecule has 3 heteroatoms. The van der Waals surface area contributed by atoms with Gasteiger partial charge in [-0.3, -0.25) is 4.79 Å². The van der Waals surface area contributed by atoms with E-state index in [4.69, 9.17) is 5.11 Å². The number of aliphatic carboxylic acids is 1. The van der Waals surface area contributed by atoms with Crippen molar-refractivity contribution in [2.45, 2.75) is 51.2 Å². The van der Waals surface area contributed by atoms with Crippen LogP contribution in [0.1, 0.15) is 46.0 Å². The first kappa shape index (κ1) is 12.9. The molecule has 0 heterocycles. The van der Waals surface area contributed by atoms with Crippen LogP contribution in [0.15, 0.2) is 0 Å². The van der Waals surface area contributed by atoms with E-state index in [0.717, 1.165) is 25.0 Å². The van der Waals surface area contributed by atoms with Crippen molar-refractivity contribution in [3.63, 3.8) is 0 Å². The van der Waals surface area contributed by atoms with Crippen LogP contribution in [-0.4, -0.2) is 22.1 Å². The maximum absolute atomic E-state index is 11.1. The monoisotopic (exact) mass is 230 g/mol. The molecule has 0 radical (unpaired) electrons. The van der Waals surface area contributed by atoms with Crippen LogP contribution < -0.4 is 0 Å². The second-order valence-electron chi connectivity index (χ2n) is 4.61. The number of hydrogen-bond donors (Lipinski definition) is 1. The van der Waals surface area contributed by atoms with Gasteiger partial charge in [0.1, 0.15) is 0 Å². The van der Waals surface area contributed by atoms with E-state index in [-0.39, 0.29) is 5.92 Å². The lowest BCUT2D eigenvalue weighted by molar-refractivity contribution is -0.142. The minimum Gasteiger partial charge on any atom is -0.481 e. The molecule has 1 fully saturated rings. The van der Waals surface area contributed by atoms with Gasteiger partial charge >= 0.3 is 5.97 Å². The number of carbonyl (C=O) groups is 1. The summed E-state index contributed by atoms with van der Waals surface area (Å²) in [5.74, 6) is 1.15. The molecule has 0 amide bonds. The molecule has 0 aromatic heterocycles. The van der Waals surface area contributed by atoms with E-state index in [1.807, 2.05) is 11.8 Å². The van der Waals surface area contributed by atoms with Crippen molar-refractivity contribution in [1.82, 2.24) is 0 Å². The third-order valence-electron chi connectivity index (χ3n) is 3.31. The van der Waals surface area contributed by atoms with Crippen molar-refractivity contribution in [3.05, 3.63) is 0 Å². The molecule has 1 rings (SSSR count). The summed E-state index contributed by atoms with van der Waals surface area (Å²) < 4.78 is 0. The van der Waals surface area contributed by atoms with Gasteiger partial charge in [-0.05, 0) is 24.5 Å². The Hall–Kier alpha value is -0.180. The van der Waals surface area contributed by atoms with E-state index < -0.39 is 5.97 Å². The predicted octanol–water partition coefficient (Wildman–Crippen LogP) is 3.41. The van der Waals surface area contributed by atoms with Crippen molar-refractivity contribution >= 4 is 17.7 Å². The van der Waals surface area contributed by atoms with Crippen molar-refractivity contribution in [2.75, 3.05) is 5.75 Å². The van der Waals surface area contributed by atoms with Crippen LogP contribution >= 0.6 is 11.8 Å². The summed E-state index contributed by atoms with van der Waals surface area (Å²) in [4.78, 5) is 11.1. The molecule has 88 valence electrons. The average Bonchev–Trinajstić information content (AvgIpc) is 2.26. The first-order valence-corrected chi connectivity index (χ1v) is 7.04. The van der Waals surface area contributed by atoms with Crippen LogP contribution in [-0.2, 0) is 4.79 Å². The molecule has 1 saturated carbocycles.